The van der Waals surface area contributed by atoms with E-state index in [9.17, 15) is 5.11 Å². The smallest absolute Gasteiger partial charge is 0.110 e. The first-order valence-corrected chi connectivity index (χ1v) is 4.72. The highest BCUT2D eigenvalue weighted by molar-refractivity contribution is 5.11. The highest BCUT2D eigenvalue weighted by Crippen LogP contribution is 2.42. The van der Waals surface area contributed by atoms with Gasteiger partial charge in [-0.3, -0.25) is 0 Å². The lowest BCUT2D eigenvalue weighted by Crippen LogP contribution is -2.30. The second kappa shape index (κ2) is 2.80. The lowest BCUT2D eigenvalue weighted by Gasteiger charge is -2.26. The molecule has 1 N–H and O–H groups in total. The summed E-state index contributed by atoms with van der Waals surface area (Å²) in [5, 5.41) is 18.0. The summed E-state index contributed by atoms with van der Waals surface area (Å²) >= 11 is 0. The summed E-state index contributed by atoms with van der Waals surface area (Å²) in [6.07, 6.45) is 4.67. The molecule has 1 heterocycles. The average molecular weight is 181 g/mol. The first-order valence-electron chi connectivity index (χ1n) is 4.72. The number of aliphatic hydroxyl groups is 1. The Bertz CT molecular complexity index is 310. The summed E-state index contributed by atoms with van der Waals surface area (Å²) in [5.41, 5.74) is 0.149. The second-order valence-electron chi connectivity index (χ2n) is 3.96. The molecule has 0 aromatic carbocycles. The van der Waals surface area contributed by atoms with E-state index in [1.54, 1.807) is 10.9 Å². The topological polar surface area (TPSA) is 50.9 Å². The molecule has 1 aliphatic carbocycles. The van der Waals surface area contributed by atoms with Crippen LogP contribution in [0.2, 0.25) is 0 Å². The van der Waals surface area contributed by atoms with Gasteiger partial charge in [0.05, 0.1) is 11.9 Å². The number of nitrogens with zero attached hydrogens (tertiary/aromatic N) is 3. The average Bonchev–Trinajstić information content (AvgIpc) is 2.62. The zero-order valence-corrected chi connectivity index (χ0v) is 8.06. The van der Waals surface area contributed by atoms with E-state index in [4.69, 9.17) is 0 Å². The van der Waals surface area contributed by atoms with Gasteiger partial charge >= 0.3 is 0 Å². The van der Waals surface area contributed by atoms with Gasteiger partial charge in [0.1, 0.15) is 5.60 Å². The van der Waals surface area contributed by atoms with Gasteiger partial charge in [0.2, 0.25) is 0 Å². The normalized spacial score (nSPS) is 33.9. The van der Waals surface area contributed by atoms with Gasteiger partial charge in [-0.15, -0.1) is 5.10 Å². The van der Waals surface area contributed by atoms with Crippen LogP contribution in [-0.2, 0) is 12.6 Å². The van der Waals surface area contributed by atoms with E-state index in [-0.39, 0.29) is 0 Å². The molecule has 1 aliphatic rings. The van der Waals surface area contributed by atoms with Gasteiger partial charge in [-0.1, -0.05) is 12.1 Å². The number of hydrogen-bond donors (Lipinski definition) is 1. The molecule has 1 aromatic rings. The summed E-state index contributed by atoms with van der Waals surface area (Å²) < 4.78 is 1.67. The van der Waals surface area contributed by atoms with Crippen LogP contribution < -0.4 is 0 Å². The monoisotopic (exact) mass is 181 g/mol. The maximum Gasteiger partial charge on any atom is 0.110 e. The van der Waals surface area contributed by atoms with Gasteiger partial charge in [0, 0.05) is 7.05 Å². The van der Waals surface area contributed by atoms with E-state index in [2.05, 4.69) is 17.2 Å². The van der Waals surface area contributed by atoms with Crippen molar-refractivity contribution in [2.45, 2.75) is 31.8 Å². The number of aromatic nitrogens is 3. The highest BCUT2D eigenvalue weighted by atomic mass is 16.3. The van der Waals surface area contributed by atoms with Gasteiger partial charge in [0.25, 0.3) is 0 Å². The van der Waals surface area contributed by atoms with Crippen LogP contribution in [0.4, 0.5) is 0 Å². The Balaban J connectivity index is 2.39. The van der Waals surface area contributed by atoms with Crippen LogP contribution in [0.3, 0.4) is 0 Å². The summed E-state index contributed by atoms with van der Waals surface area (Å²) in [5.74, 6) is 0.310. The van der Waals surface area contributed by atoms with Crippen molar-refractivity contribution in [1.29, 1.82) is 0 Å². The van der Waals surface area contributed by atoms with Gasteiger partial charge in [-0.05, 0) is 25.2 Å². The zero-order chi connectivity index (χ0) is 9.47. The predicted octanol–water partition coefficient (Wildman–Crippen LogP) is 0.823. The lowest BCUT2D eigenvalue weighted by atomic mass is 9.89. The Morgan fingerprint density at radius 3 is 2.92 bits per heavy atom. The highest BCUT2D eigenvalue weighted by Gasteiger charge is 2.42. The maximum absolute atomic E-state index is 10.4. The fraction of sp³-hybridized carbons (Fsp3) is 0.778. The minimum Gasteiger partial charge on any atom is -0.383 e. The fourth-order valence-electron chi connectivity index (χ4n) is 2.23. The standard InChI is InChI=1S/C9H15N3O/c1-7-4-3-5-9(7,13)8-6-10-11-12(8)2/h6-7,13H,3-5H2,1-2H3. The molecule has 0 aliphatic heterocycles. The molecule has 4 heteroatoms. The predicted molar refractivity (Wildman–Crippen MR) is 47.9 cm³/mol. The number of rotatable bonds is 1. The fourth-order valence-corrected chi connectivity index (χ4v) is 2.23. The Hall–Kier alpha value is -0.900. The zero-order valence-electron chi connectivity index (χ0n) is 8.06. The molecule has 0 saturated heterocycles. The Labute approximate surface area is 77.6 Å². The number of aryl methyl sites for hydroxylation is 1. The molecule has 13 heavy (non-hydrogen) atoms. The molecule has 4 nitrogen and oxygen atoms in total. The SMILES string of the molecule is CC1CCCC1(O)c1cnnn1C. The maximum atomic E-state index is 10.4. The van der Waals surface area contributed by atoms with E-state index in [0.717, 1.165) is 25.0 Å². The second-order valence-corrected chi connectivity index (χ2v) is 3.96. The minimum absolute atomic E-state index is 0.310. The van der Waals surface area contributed by atoms with Crippen molar-refractivity contribution in [2.75, 3.05) is 0 Å². The molecule has 0 bridgehead atoms. The number of hydrogen-bond acceptors (Lipinski definition) is 3. The van der Waals surface area contributed by atoms with Gasteiger partial charge in [-0.2, -0.15) is 0 Å². The molecule has 1 fully saturated rings. The van der Waals surface area contributed by atoms with Crippen molar-refractivity contribution in [3.05, 3.63) is 11.9 Å². The largest absolute Gasteiger partial charge is 0.383 e. The molecule has 0 spiro atoms. The summed E-state index contributed by atoms with van der Waals surface area (Å²) in [7, 11) is 1.82. The molecule has 0 amide bonds. The molecule has 0 radical (unpaired) electrons. The van der Waals surface area contributed by atoms with Crippen molar-refractivity contribution in [3.63, 3.8) is 0 Å². The quantitative estimate of drug-likeness (QED) is 0.698. The van der Waals surface area contributed by atoms with E-state index >= 15 is 0 Å². The lowest BCUT2D eigenvalue weighted by molar-refractivity contribution is -0.00318. The van der Waals surface area contributed by atoms with Gasteiger partial charge in [0.15, 0.2) is 0 Å². The summed E-state index contributed by atoms with van der Waals surface area (Å²) in [4.78, 5) is 0. The molecule has 2 rings (SSSR count). The van der Waals surface area contributed by atoms with Crippen molar-refractivity contribution in [1.82, 2.24) is 15.0 Å². The van der Waals surface area contributed by atoms with E-state index in [1.165, 1.54) is 0 Å². The molecule has 1 saturated carbocycles. The molecular weight excluding hydrogens is 166 g/mol. The van der Waals surface area contributed by atoms with Crippen LogP contribution in [0.1, 0.15) is 31.9 Å². The van der Waals surface area contributed by atoms with Crippen LogP contribution >= 0.6 is 0 Å². The first-order chi connectivity index (χ1) is 6.14. The van der Waals surface area contributed by atoms with E-state index in [1.807, 2.05) is 7.05 Å². The van der Waals surface area contributed by atoms with Crippen LogP contribution in [0.25, 0.3) is 0 Å². The van der Waals surface area contributed by atoms with Crippen molar-refractivity contribution in [3.8, 4) is 0 Å². The van der Waals surface area contributed by atoms with Gasteiger partial charge < -0.3 is 5.11 Å². The minimum atomic E-state index is -0.696. The molecule has 1 aromatic heterocycles. The first kappa shape index (κ1) is 8.69. The molecular formula is C9H15N3O. The molecule has 2 unspecified atom stereocenters. The Kier molecular flexibility index (Phi) is 1.87. The summed E-state index contributed by atoms with van der Waals surface area (Å²) in [6, 6.07) is 0. The van der Waals surface area contributed by atoms with Crippen molar-refractivity contribution >= 4 is 0 Å². The molecule has 72 valence electrons. The Morgan fingerprint density at radius 2 is 2.46 bits per heavy atom. The van der Waals surface area contributed by atoms with E-state index < -0.39 is 5.60 Å². The van der Waals surface area contributed by atoms with Crippen LogP contribution in [0.5, 0.6) is 0 Å². The van der Waals surface area contributed by atoms with Gasteiger partial charge in [-0.25, -0.2) is 4.68 Å². The third-order valence-corrected chi connectivity index (χ3v) is 3.17. The van der Waals surface area contributed by atoms with Crippen LogP contribution in [0.15, 0.2) is 6.20 Å². The Morgan fingerprint density at radius 1 is 1.69 bits per heavy atom. The molecule has 2 atom stereocenters. The third kappa shape index (κ3) is 1.16. The van der Waals surface area contributed by atoms with Crippen LogP contribution in [-0.4, -0.2) is 20.1 Å². The van der Waals surface area contributed by atoms with E-state index in [0.29, 0.717) is 5.92 Å². The van der Waals surface area contributed by atoms with Crippen LogP contribution in [0, 0.1) is 5.92 Å². The van der Waals surface area contributed by atoms with Crippen molar-refractivity contribution < 1.29 is 5.11 Å². The van der Waals surface area contributed by atoms with Crippen molar-refractivity contribution in [2.24, 2.45) is 13.0 Å². The third-order valence-electron chi connectivity index (χ3n) is 3.17. The summed E-state index contributed by atoms with van der Waals surface area (Å²) in [6.45, 7) is 2.08.